The van der Waals surface area contributed by atoms with Gasteiger partial charge < -0.3 is 10.0 Å². The summed E-state index contributed by atoms with van der Waals surface area (Å²) in [7, 11) is 0. The predicted octanol–water partition coefficient (Wildman–Crippen LogP) is 2.12. The maximum Gasteiger partial charge on any atom is 0.308 e. The van der Waals surface area contributed by atoms with E-state index in [4.69, 9.17) is 22.0 Å². The molecule has 17 heavy (non-hydrogen) atoms. The van der Waals surface area contributed by atoms with Gasteiger partial charge in [-0.1, -0.05) is 11.6 Å². The highest BCUT2D eigenvalue weighted by atomic mass is 35.5. The second-order valence-corrected chi connectivity index (χ2v) is 4.46. The molecule has 0 saturated carbocycles. The van der Waals surface area contributed by atoms with E-state index in [1.54, 1.807) is 18.2 Å². The molecule has 4 nitrogen and oxygen atoms in total. The van der Waals surface area contributed by atoms with Crippen molar-refractivity contribution in [2.75, 3.05) is 18.0 Å². The molecule has 1 aliphatic heterocycles. The Bertz CT molecular complexity index is 496. The van der Waals surface area contributed by atoms with E-state index in [0.717, 1.165) is 5.69 Å². The quantitative estimate of drug-likeness (QED) is 0.873. The summed E-state index contributed by atoms with van der Waals surface area (Å²) in [6, 6.07) is 7.08. The summed E-state index contributed by atoms with van der Waals surface area (Å²) < 4.78 is 0. The van der Waals surface area contributed by atoms with Crippen LogP contribution in [-0.4, -0.2) is 24.2 Å². The standard InChI is InChI=1S/C12H11ClN2O2/c13-10-5-8(6-14)1-2-11(10)15-4-3-9(7-15)12(16)17/h1-2,5,9H,3-4,7H2,(H,16,17). The fourth-order valence-electron chi connectivity index (χ4n) is 2.01. The van der Waals surface area contributed by atoms with Crippen LogP contribution in [-0.2, 0) is 4.79 Å². The first kappa shape index (κ1) is 11.7. The van der Waals surface area contributed by atoms with Gasteiger partial charge in [0.05, 0.1) is 28.3 Å². The zero-order chi connectivity index (χ0) is 12.4. The van der Waals surface area contributed by atoms with Gasteiger partial charge >= 0.3 is 5.97 Å². The largest absolute Gasteiger partial charge is 0.481 e. The van der Waals surface area contributed by atoms with Crippen LogP contribution in [0.1, 0.15) is 12.0 Å². The van der Waals surface area contributed by atoms with Gasteiger partial charge in [0.2, 0.25) is 0 Å². The molecule has 1 saturated heterocycles. The van der Waals surface area contributed by atoms with Gasteiger partial charge in [0.1, 0.15) is 0 Å². The van der Waals surface area contributed by atoms with Crippen molar-refractivity contribution in [3.63, 3.8) is 0 Å². The number of nitriles is 1. The lowest BCUT2D eigenvalue weighted by atomic mass is 10.1. The smallest absolute Gasteiger partial charge is 0.308 e. The van der Waals surface area contributed by atoms with E-state index >= 15 is 0 Å². The van der Waals surface area contributed by atoms with E-state index in [9.17, 15) is 4.79 Å². The van der Waals surface area contributed by atoms with Crippen molar-refractivity contribution in [3.8, 4) is 6.07 Å². The number of rotatable bonds is 2. The molecule has 1 aromatic rings. The SMILES string of the molecule is N#Cc1ccc(N2CCC(C(=O)O)C2)c(Cl)c1. The fourth-order valence-corrected chi connectivity index (χ4v) is 2.31. The predicted molar refractivity (Wildman–Crippen MR) is 64.1 cm³/mol. The van der Waals surface area contributed by atoms with Crippen LogP contribution in [0.2, 0.25) is 5.02 Å². The third kappa shape index (κ3) is 2.34. The molecule has 2 rings (SSSR count). The summed E-state index contributed by atoms with van der Waals surface area (Å²) in [5.74, 6) is -1.10. The average molecular weight is 251 g/mol. The Kier molecular flexibility index (Phi) is 3.21. The molecule has 5 heteroatoms. The number of aliphatic carboxylic acids is 1. The molecule has 0 aromatic heterocycles. The van der Waals surface area contributed by atoms with Crippen LogP contribution in [0, 0.1) is 17.2 Å². The minimum absolute atomic E-state index is 0.332. The van der Waals surface area contributed by atoms with Crippen molar-refractivity contribution in [1.29, 1.82) is 5.26 Å². The molecule has 0 amide bonds. The first-order valence-electron chi connectivity index (χ1n) is 5.29. The molecule has 0 spiro atoms. The van der Waals surface area contributed by atoms with E-state index < -0.39 is 5.97 Å². The summed E-state index contributed by atoms with van der Waals surface area (Å²) >= 11 is 6.08. The van der Waals surface area contributed by atoms with Crippen molar-refractivity contribution in [2.24, 2.45) is 5.92 Å². The van der Waals surface area contributed by atoms with Crippen LogP contribution in [0.3, 0.4) is 0 Å². The lowest BCUT2D eigenvalue weighted by Gasteiger charge is -2.19. The van der Waals surface area contributed by atoms with Crippen molar-refractivity contribution in [2.45, 2.75) is 6.42 Å². The Hall–Kier alpha value is -1.73. The summed E-state index contributed by atoms with van der Waals surface area (Å²) in [6.07, 6.45) is 0.631. The van der Waals surface area contributed by atoms with E-state index in [1.807, 2.05) is 11.0 Å². The molecule has 1 fully saturated rings. The third-order valence-corrected chi connectivity index (χ3v) is 3.26. The Morgan fingerprint density at radius 2 is 2.35 bits per heavy atom. The van der Waals surface area contributed by atoms with E-state index in [1.165, 1.54) is 0 Å². The lowest BCUT2D eigenvalue weighted by molar-refractivity contribution is -0.140. The summed E-state index contributed by atoms with van der Waals surface area (Å²) in [4.78, 5) is 12.8. The van der Waals surface area contributed by atoms with Crippen LogP contribution in [0.4, 0.5) is 5.69 Å². The van der Waals surface area contributed by atoms with Crippen molar-refractivity contribution < 1.29 is 9.90 Å². The number of carbonyl (C=O) groups is 1. The van der Waals surface area contributed by atoms with Crippen molar-refractivity contribution in [3.05, 3.63) is 28.8 Å². The normalized spacial score (nSPS) is 19.1. The highest BCUT2D eigenvalue weighted by Gasteiger charge is 2.28. The molecule has 0 radical (unpaired) electrons. The molecule has 0 aliphatic carbocycles. The number of hydrogen-bond acceptors (Lipinski definition) is 3. The minimum atomic E-state index is -0.766. The van der Waals surface area contributed by atoms with Gasteiger partial charge in [-0.15, -0.1) is 0 Å². The zero-order valence-electron chi connectivity index (χ0n) is 9.06. The Morgan fingerprint density at radius 3 is 2.88 bits per heavy atom. The molecule has 1 N–H and O–H groups in total. The minimum Gasteiger partial charge on any atom is -0.481 e. The van der Waals surface area contributed by atoms with Crippen LogP contribution in [0.15, 0.2) is 18.2 Å². The van der Waals surface area contributed by atoms with Crippen LogP contribution in [0.25, 0.3) is 0 Å². The second kappa shape index (κ2) is 4.64. The molecule has 1 unspecified atom stereocenters. The third-order valence-electron chi connectivity index (χ3n) is 2.95. The molecule has 1 heterocycles. The van der Waals surface area contributed by atoms with Gasteiger partial charge in [-0.3, -0.25) is 4.79 Å². The maximum atomic E-state index is 10.9. The molecule has 0 bridgehead atoms. The number of hydrogen-bond donors (Lipinski definition) is 1. The zero-order valence-corrected chi connectivity index (χ0v) is 9.81. The molecular formula is C12H11ClN2O2. The Labute approximate surface area is 104 Å². The lowest BCUT2D eigenvalue weighted by Crippen LogP contribution is -2.22. The van der Waals surface area contributed by atoms with E-state index in [0.29, 0.717) is 30.1 Å². The Balaban J connectivity index is 2.20. The van der Waals surface area contributed by atoms with Gasteiger partial charge in [-0.2, -0.15) is 5.26 Å². The van der Waals surface area contributed by atoms with Crippen LogP contribution < -0.4 is 4.90 Å². The van der Waals surface area contributed by atoms with Gasteiger partial charge in [-0.25, -0.2) is 0 Å². The highest BCUT2D eigenvalue weighted by molar-refractivity contribution is 6.33. The topological polar surface area (TPSA) is 64.3 Å². The van der Waals surface area contributed by atoms with Crippen molar-refractivity contribution in [1.82, 2.24) is 0 Å². The van der Waals surface area contributed by atoms with E-state index in [2.05, 4.69) is 0 Å². The second-order valence-electron chi connectivity index (χ2n) is 4.05. The monoisotopic (exact) mass is 250 g/mol. The number of nitrogens with zero attached hydrogens (tertiary/aromatic N) is 2. The highest BCUT2D eigenvalue weighted by Crippen LogP contribution is 2.31. The fraction of sp³-hybridized carbons (Fsp3) is 0.333. The number of halogens is 1. The molecule has 1 atom stereocenters. The molecular weight excluding hydrogens is 240 g/mol. The van der Waals surface area contributed by atoms with Gasteiger partial charge in [0.15, 0.2) is 0 Å². The van der Waals surface area contributed by atoms with Gasteiger partial charge in [0, 0.05) is 13.1 Å². The number of carboxylic acids is 1. The van der Waals surface area contributed by atoms with E-state index in [-0.39, 0.29) is 5.92 Å². The molecule has 1 aromatic carbocycles. The molecule has 88 valence electrons. The van der Waals surface area contributed by atoms with Crippen LogP contribution >= 0.6 is 11.6 Å². The average Bonchev–Trinajstić information content (AvgIpc) is 2.78. The maximum absolute atomic E-state index is 10.9. The first-order valence-corrected chi connectivity index (χ1v) is 5.67. The summed E-state index contributed by atoms with van der Waals surface area (Å²) in [5, 5.41) is 18.2. The van der Waals surface area contributed by atoms with Gasteiger partial charge in [0.25, 0.3) is 0 Å². The number of anilines is 1. The number of carboxylic acid groups (broad SMARTS) is 1. The Morgan fingerprint density at radius 1 is 1.59 bits per heavy atom. The number of benzene rings is 1. The summed E-state index contributed by atoms with van der Waals surface area (Å²) in [6.45, 7) is 1.16. The summed E-state index contributed by atoms with van der Waals surface area (Å²) in [5.41, 5.74) is 1.31. The first-order chi connectivity index (χ1) is 8.11. The molecule has 1 aliphatic rings. The van der Waals surface area contributed by atoms with Crippen LogP contribution in [0.5, 0.6) is 0 Å². The van der Waals surface area contributed by atoms with Crippen molar-refractivity contribution >= 4 is 23.3 Å². The van der Waals surface area contributed by atoms with Gasteiger partial charge in [-0.05, 0) is 24.6 Å².